The van der Waals surface area contributed by atoms with Gasteiger partial charge >= 0.3 is 0 Å². The zero-order chi connectivity index (χ0) is 11.3. The smallest absolute Gasteiger partial charge is 0.208 e. The summed E-state index contributed by atoms with van der Waals surface area (Å²) in [6.45, 7) is 3.53. The highest BCUT2D eigenvalue weighted by Gasteiger charge is 2.09. The molecule has 3 nitrogen and oxygen atoms in total. The van der Waals surface area contributed by atoms with Crippen LogP contribution < -0.4 is 5.32 Å². The number of benzene rings is 1. The van der Waals surface area contributed by atoms with Crippen LogP contribution >= 0.6 is 0 Å². The Balaban J connectivity index is 2.98. The number of hydrogen-bond acceptors (Lipinski definition) is 3. The molecular weight excluding hydrogens is 190 g/mol. The molecule has 1 aromatic carbocycles. The summed E-state index contributed by atoms with van der Waals surface area (Å²) in [7, 11) is 1.67. The van der Waals surface area contributed by atoms with Gasteiger partial charge in [-0.05, 0) is 30.3 Å². The lowest BCUT2D eigenvalue weighted by molar-refractivity contribution is 0.102. The summed E-state index contributed by atoms with van der Waals surface area (Å²) >= 11 is 0. The molecule has 0 unspecified atom stereocenters. The zero-order valence-corrected chi connectivity index (χ0v) is 8.53. The molecule has 15 heavy (non-hydrogen) atoms. The molecule has 0 aromatic heterocycles. The van der Waals surface area contributed by atoms with Crippen molar-refractivity contribution in [1.82, 2.24) is 5.32 Å². The number of rotatable bonds is 4. The third-order valence-electron chi connectivity index (χ3n) is 1.93. The van der Waals surface area contributed by atoms with Crippen molar-refractivity contribution >= 4 is 5.78 Å². The summed E-state index contributed by atoms with van der Waals surface area (Å²) in [5, 5.41) is 11.9. The van der Waals surface area contributed by atoms with Gasteiger partial charge in [0.05, 0.1) is 5.70 Å². The molecule has 2 N–H and O–H groups in total. The van der Waals surface area contributed by atoms with E-state index < -0.39 is 0 Å². The maximum absolute atomic E-state index is 11.8. The molecular formula is C12H13NO2. The van der Waals surface area contributed by atoms with Gasteiger partial charge in [-0.2, -0.15) is 0 Å². The minimum Gasteiger partial charge on any atom is -0.508 e. The normalized spacial score (nSPS) is 10.9. The number of nitrogens with one attached hydrogen (secondary N) is 1. The number of aromatic hydroxyl groups is 1. The molecule has 0 aliphatic heterocycles. The van der Waals surface area contributed by atoms with E-state index in [2.05, 4.69) is 11.9 Å². The summed E-state index contributed by atoms with van der Waals surface area (Å²) in [5.41, 5.74) is 0.992. The van der Waals surface area contributed by atoms with Crippen LogP contribution in [0.5, 0.6) is 5.75 Å². The van der Waals surface area contributed by atoms with E-state index >= 15 is 0 Å². The van der Waals surface area contributed by atoms with Crippen molar-refractivity contribution in [2.75, 3.05) is 7.05 Å². The summed E-state index contributed by atoms with van der Waals surface area (Å²) < 4.78 is 0. The van der Waals surface area contributed by atoms with E-state index in [-0.39, 0.29) is 11.5 Å². The monoisotopic (exact) mass is 203 g/mol. The van der Waals surface area contributed by atoms with E-state index in [1.165, 1.54) is 12.1 Å². The third-order valence-corrected chi connectivity index (χ3v) is 1.93. The van der Waals surface area contributed by atoms with Gasteiger partial charge in [-0.15, -0.1) is 0 Å². The minimum absolute atomic E-state index is 0.127. The van der Waals surface area contributed by atoms with Crippen molar-refractivity contribution < 1.29 is 9.90 Å². The topological polar surface area (TPSA) is 49.3 Å². The van der Waals surface area contributed by atoms with Crippen LogP contribution in [0.25, 0.3) is 0 Å². The number of ketones is 1. The van der Waals surface area contributed by atoms with Crippen LogP contribution in [0.3, 0.4) is 0 Å². The zero-order valence-electron chi connectivity index (χ0n) is 8.53. The molecule has 0 saturated carbocycles. The standard InChI is InChI=1S/C12H13NO2/c1-3-4-11(13-2)12(15)9-5-7-10(14)8-6-9/h3-8,13-14H,1H2,2H3/b11-4-. The molecule has 78 valence electrons. The van der Waals surface area contributed by atoms with Gasteiger partial charge in [-0.1, -0.05) is 12.7 Å². The van der Waals surface area contributed by atoms with Crippen molar-refractivity contribution in [3.63, 3.8) is 0 Å². The Bertz CT molecular complexity index is 391. The molecule has 1 rings (SSSR count). The fourth-order valence-corrected chi connectivity index (χ4v) is 1.16. The molecule has 3 heteroatoms. The fraction of sp³-hybridized carbons (Fsp3) is 0.0833. The quantitative estimate of drug-likeness (QED) is 0.446. The van der Waals surface area contributed by atoms with Crippen molar-refractivity contribution in [2.45, 2.75) is 0 Å². The van der Waals surface area contributed by atoms with Gasteiger partial charge in [0.1, 0.15) is 5.75 Å². The van der Waals surface area contributed by atoms with Crippen LogP contribution in [0.4, 0.5) is 0 Å². The molecule has 0 radical (unpaired) electrons. The molecule has 0 saturated heterocycles. The van der Waals surface area contributed by atoms with Crippen molar-refractivity contribution in [1.29, 1.82) is 0 Å². The van der Waals surface area contributed by atoms with Gasteiger partial charge in [0.15, 0.2) is 0 Å². The Morgan fingerprint density at radius 2 is 2.00 bits per heavy atom. The maximum Gasteiger partial charge on any atom is 0.208 e. The number of Topliss-reactive ketones (excluding diaryl/α,β-unsaturated/α-hetero) is 1. The first-order valence-electron chi connectivity index (χ1n) is 4.53. The van der Waals surface area contributed by atoms with E-state index in [4.69, 9.17) is 5.11 Å². The minimum atomic E-state index is -0.127. The van der Waals surface area contributed by atoms with Crippen LogP contribution in [-0.4, -0.2) is 17.9 Å². The summed E-state index contributed by atoms with van der Waals surface area (Å²) in [5.74, 6) is 0.0163. The largest absolute Gasteiger partial charge is 0.508 e. The number of likely N-dealkylation sites (N-methyl/N-ethyl adjacent to an activating group) is 1. The molecule has 0 atom stereocenters. The highest BCUT2D eigenvalue weighted by molar-refractivity contribution is 6.08. The maximum atomic E-state index is 11.8. The third kappa shape index (κ3) is 2.71. The van der Waals surface area contributed by atoms with Crippen molar-refractivity contribution in [2.24, 2.45) is 0 Å². The Morgan fingerprint density at radius 1 is 1.40 bits per heavy atom. The first kappa shape index (κ1) is 11.0. The van der Waals surface area contributed by atoms with E-state index in [0.29, 0.717) is 11.3 Å². The van der Waals surface area contributed by atoms with E-state index in [1.807, 2.05) is 0 Å². The SMILES string of the molecule is C=C/C=C(\NC)C(=O)c1ccc(O)cc1. The molecule has 0 spiro atoms. The van der Waals surface area contributed by atoms with Gasteiger partial charge in [0.2, 0.25) is 5.78 Å². The Hall–Kier alpha value is -2.03. The number of allylic oxidation sites excluding steroid dienone is 3. The highest BCUT2D eigenvalue weighted by atomic mass is 16.3. The van der Waals surface area contributed by atoms with Crippen LogP contribution in [0, 0.1) is 0 Å². The van der Waals surface area contributed by atoms with Crippen LogP contribution in [0.15, 0.2) is 48.7 Å². The van der Waals surface area contributed by atoms with Gasteiger partial charge < -0.3 is 10.4 Å². The summed E-state index contributed by atoms with van der Waals surface area (Å²) in [6.07, 6.45) is 3.15. The van der Waals surface area contributed by atoms with Gasteiger partial charge in [0.25, 0.3) is 0 Å². The van der Waals surface area contributed by atoms with E-state index in [0.717, 1.165) is 0 Å². The van der Waals surface area contributed by atoms with Gasteiger partial charge in [-0.25, -0.2) is 0 Å². The average Bonchev–Trinajstić information content (AvgIpc) is 2.26. The number of phenolic OH excluding ortho intramolecular Hbond substituents is 1. The Kier molecular flexibility index (Phi) is 3.68. The van der Waals surface area contributed by atoms with E-state index in [9.17, 15) is 4.79 Å². The molecule has 0 fully saturated rings. The number of hydrogen-bond donors (Lipinski definition) is 2. The molecule has 0 heterocycles. The predicted octanol–water partition coefficient (Wildman–Crippen LogP) is 1.86. The second kappa shape index (κ2) is 5.00. The molecule has 0 bridgehead atoms. The van der Waals surface area contributed by atoms with Crippen LogP contribution in [0.2, 0.25) is 0 Å². The lowest BCUT2D eigenvalue weighted by Gasteiger charge is -2.04. The second-order valence-electron chi connectivity index (χ2n) is 2.94. The summed E-state index contributed by atoms with van der Waals surface area (Å²) in [4.78, 5) is 11.8. The molecule has 0 aliphatic carbocycles. The highest BCUT2D eigenvalue weighted by Crippen LogP contribution is 2.12. The van der Waals surface area contributed by atoms with Crippen molar-refractivity contribution in [3.05, 3.63) is 54.3 Å². The average molecular weight is 203 g/mol. The number of carbonyl (C=O) groups is 1. The summed E-state index contributed by atoms with van der Waals surface area (Å²) in [6, 6.07) is 6.11. The first-order chi connectivity index (χ1) is 7.19. The number of carbonyl (C=O) groups excluding carboxylic acids is 1. The molecule has 1 aromatic rings. The van der Waals surface area contributed by atoms with E-state index in [1.54, 1.807) is 31.3 Å². The van der Waals surface area contributed by atoms with Crippen LogP contribution in [0.1, 0.15) is 10.4 Å². The Labute approximate surface area is 88.7 Å². The Morgan fingerprint density at radius 3 is 2.47 bits per heavy atom. The molecule has 0 aliphatic rings. The number of phenols is 1. The van der Waals surface area contributed by atoms with Crippen LogP contribution in [-0.2, 0) is 0 Å². The fourth-order valence-electron chi connectivity index (χ4n) is 1.16. The predicted molar refractivity (Wildman–Crippen MR) is 59.8 cm³/mol. The lowest BCUT2D eigenvalue weighted by Crippen LogP contribution is -2.16. The lowest BCUT2D eigenvalue weighted by atomic mass is 10.1. The second-order valence-corrected chi connectivity index (χ2v) is 2.94. The van der Waals surface area contributed by atoms with Crippen molar-refractivity contribution in [3.8, 4) is 5.75 Å². The van der Waals surface area contributed by atoms with Gasteiger partial charge in [-0.3, -0.25) is 4.79 Å². The first-order valence-corrected chi connectivity index (χ1v) is 4.53. The molecule has 0 amide bonds. The van der Waals surface area contributed by atoms with Gasteiger partial charge in [0, 0.05) is 12.6 Å².